The molecule has 2 heterocycles. The van der Waals surface area contributed by atoms with E-state index in [0.717, 1.165) is 61.0 Å². The number of phenolic OH excluding ortho intramolecular Hbond substituents is 1. The Balaban J connectivity index is 0.000000313. The van der Waals surface area contributed by atoms with Crippen LogP contribution in [0, 0.1) is 0 Å². The van der Waals surface area contributed by atoms with Gasteiger partial charge in [-0.15, -0.1) is 0 Å². The third-order valence-electron chi connectivity index (χ3n) is 14.0. The third-order valence-corrected chi connectivity index (χ3v) is 14.0. The Labute approximate surface area is 539 Å². The van der Waals surface area contributed by atoms with Crippen molar-refractivity contribution in [2.45, 2.75) is 52.4 Å². The van der Waals surface area contributed by atoms with Gasteiger partial charge >= 0.3 is 29.6 Å². The zero-order valence-corrected chi connectivity index (χ0v) is 52.9. The van der Waals surface area contributed by atoms with Gasteiger partial charge in [0.15, 0.2) is 46.1 Å². The molecule has 2 aliphatic rings. The van der Waals surface area contributed by atoms with Gasteiger partial charge in [0.05, 0.1) is 87.6 Å². The van der Waals surface area contributed by atoms with E-state index in [2.05, 4.69) is 0 Å². The number of ketones is 2. The molecule has 3 radical (unpaired) electrons. The average Bonchev–Trinajstić information content (AvgIpc) is 1.43. The average molecular weight is 1210 g/mol. The van der Waals surface area contributed by atoms with Crippen molar-refractivity contribution in [3.05, 3.63) is 179 Å². The largest absolute Gasteiger partial charge is 1.00 e. The fraction of sp³-hybridized carbons (Fsp3) is 0.261. The monoisotopic (exact) mass is 1210 g/mol. The molecule has 457 valence electrons. The van der Waals surface area contributed by atoms with Crippen LogP contribution < -0.4 is 81.7 Å². The van der Waals surface area contributed by atoms with Crippen molar-refractivity contribution in [3.8, 4) is 69.0 Å². The molecule has 0 saturated heterocycles. The van der Waals surface area contributed by atoms with Gasteiger partial charge in [-0.2, -0.15) is 0 Å². The second-order valence-corrected chi connectivity index (χ2v) is 19.0. The first-order valence-corrected chi connectivity index (χ1v) is 27.0. The van der Waals surface area contributed by atoms with Crippen LogP contribution in [0.15, 0.2) is 146 Å². The standard InChI is InChI=1S/C22H22O5.C22H20O5.C12H10O2.C10H12O4.C2H6O.CH4.B.Na.H/c2*1-24-19-10-14(11-20(25-2)22(19)26-3)18-12-17(23)16-9-8-13-6-4-5-7-15(13)21(16)27-18;1-8(13)10-7-6-9-4-2-3-5-11(9)12(10)14;1-12-8-4-7(6-11)5-9(13-2)10(8)14-3;1-2-3;;;;/h4-11,17-18,23H,12H2,1-3H3;4-11,18H,12H2,1-3H3;2-7,14H,1H3;4-6H,1-3H3;3H,2H2,1H3;1H4;;;/q;;;;;;;+1;-1. The molecule has 0 aromatic heterocycles. The number of carbonyl (C=O) groups is 3. The number of fused-ring (bicyclic) bond motifs is 7. The van der Waals surface area contributed by atoms with E-state index in [9.17, 15) is 24.6 Å². The number of aliphatic hydroxyl groups is 2. The summed E-state index contributed by atoms with van der Waals surface area (Å²) < 4.78 is 60.4. The number of phenols is 1. The quantitative estimate of drug-likeness (QED) is 0.0556. The predicted octanol–water partition coefficient (Wildman–Crippen LogP) is 10.6. The number of aliphatic hydroxyl groups excluding tert-OH is 2. The summed E-state index contributed by atoms with van der Waals surface area (Å²) in [7, 11) is 14.0. The van der Waals surface area contributed by atoms with E-state index in [1.54, 1.807) is 73.8 Å². The van der Waals surface area contributed by atoms with Crippen molar-refractivity contribution < 1.29 is 113 Å². The number of hydrogen-bond acceptors (Lipinski definition) is 17. The van der Waals surface area contributed by atoms with Gasteiger partial charge in [-0.3, -0.25) is 14.4 Å². The predicted molar refractivity (Wildman–Crippen MR) is 339 cm³/mol. The zero-order chi connectivity index (χ0) is 61.3. The molecule has 88 heavy (non-hydrogen) atoms. The Morgan fingerprint density at radius 3 is 1.36 bits per heavy atom. The van der Waals surface area contributed by atoms with Crippen LogP contribution in [0.2, 0.25) is 0 Å². The summed E-state index contributed by atoms with van der Waals surface area (Å²) >= 11 is 0. The van der Waals surface area contributed by atoms with Crippen molar-refractivity contribution in [1.82, 2.24) is 0 Å². The number of carbonyl (C=O) groups excluding carboxylic acids is 3. The minimum absolute atomic E-state index is 0. The molecule has 0 spiro atoms. The van der Waals surface area contributed by atoms with Crippen LogP contribution >= 0.6 is 0 Å². The maximum absolute atomic E-state index is 12.8. The van der Waals surface area contributed by atoms with Crippen LogP contribution in [0.3, 0.4) is 0 Å². The van der Waals surface area contributed by atoms with Gasteiger partial charge in [-0.1, -0.05) is 104 Å². The molecule has 9 aromatic rings. The molecule has 11 rings (SSSR count). The number of rotatable bonds is 13. The normalized spacial score (nSPS) is 13.9. The summed E-state index contributed by atoms with van der Waals surface area (Å²) in [6.07, 6.45) is 0.0669. The molecule has 0 fully saturated rings. The van der Waals surface area contributed by atoms with E-state index < -0.39 is 12.2 Å². The second kappa shape index (κ2) is 34.0. The summed E-state index contributed by atoms with van der Waals surface area (Å²) in [5.74, 6) is 6.06. The van der Waals surface area contributed by atoms with E-state index >= 15 is 0 Å². The Morgan fingerprint density at radius 1 is 0.557 bits per heavy atom. The van der Waals surface area contributed by atoms with Crippen LogP contribution in [-0.2, 0) is 0 Å². The molecule has 17 nitrogen and oxygen atoms in total. The smallest absolute Gasteiger partial charge is 1.00 e. The van der Waals surface area contributed by atoms with Crippen LogP contribution in [0.1, 0.15) is 102 Å². The fourth-order valence-electron chi connectivity index (χ4n) is 9.90. The fourth-order valence-corrected chi connectivity index (χ4v) is 9.90. The van der Waals surface area contributed by atoms with Gasteiger partial charge in [-0.05, 0) is 78.5 Å². The molecule has 0 saturated carbocycles. The third kappa shape index (κ3) is 16.1. The number of ether oxygens (including phenoxy) is 11. The minimum atomic E-state index is -0.609. The van der Waals surface area contributed by atoms with Crippen molar-refractivity contribution in [2.24, 2.45) is 0 Å². The SMILES string of the molecule is C.CC(=O)c1ccc2ccccc2c1O.CCO.COc1cc(C2CC(=O)c3ccc4ccccc4c3O2)cc(OC)c1OC.COc1cc(C2CC(O)c3ccc4ccccc4c3O2)cc(OC)c1OC.COc1cc(C=O)cc(OC)c1OC.[B].[H-].[Na+]. The first-order chi connectivity index (χ1) is 41.2. The molecule has 3 unspecified atom stereocenters. The maximum atomic E-state index is 12.8. The molecule has 0 bridgehead atoms. The van der Waals surface area contributed by atoms with Gasteiger partial charge in [-0.25, -0.2) is 0 Å². The number of aromatic hydroxyl groups is 1. The molecule has 2 aliphatic heterocycles. The van der Waals surface area contributed by atoms with Crippen molar-refractivity contribution in [2.75, 3.05) is 70.6 Å². The number of methoxy groups -OCH3 is 9. The Bertz CT molecular complexity index is 3750. The van der Waals surface area contributed by atoms with E-state index in [0.29, 0.717) is 80.6 Å². The number of Topliss-reactive ketones (excluding diaryl/α,β-unsaturated/α-hetero) is 2. The summed E-state index contributed by atoms with van der Waals surface area (Å²) in [5, 5.41) is 33.8. The van der Waals surface area contributed by atoms with Gasteiger partial charge in [0.1, 0.15) is 35.7 Å². The Kier molecular flexibility index (Phi) is 27.8. The topological polar surface area (TPSA) is 213 Å². The summed E-state index contributed by atoms with van der Waals surface area (Å²) in [5.41, 5.74) is 3.97. The van der Waals surface area contributed by atoms with Crippen molar-refractivity contribution >= 4 is 58.6 Å². The minimum Gasteiger partial charge on any atom is -1.00 e. The second-order valence-electron chi connectivity index (χ2n) is 19.0. The van der Waals surface area contributed by atoms with Crippen molar-refractivity contribution in [3.63, 3.8) is 0 Å². The van der Waals surface area contributed by atoms with Gasteiger partial charge < -0.3 is 68.9 Å². The Hall–Kier alpha value is -8.65. The first-order valence-electron chi connectivity index (χ1n) is 27.0. The number of aldehydes is 1. The van der Waals surface area contributed by atoms with Crippen LogP contribution in [0.25, 0.3) is 32.3 Å². The molecule has 0 aliphatic carbocycles. The molecule has 19 heteroatoms. The summed E-state index contributed by atoms with van der Waals surface area (Å²) in [4.78, 5) is 34.5. The van der Waals surface area contributed by atoms with Crippen LogP contribution in [0.5, 0.6) is 69.0 Å². The zero-order valence-electron chi connectivity index (χ0n) is 51.9. The maximum Gasteiger partial charge on any atom is 1.00 e. The summed E-state index contributed by atoms with van der Waals surface area (Å²) in [6, 6.07) is 45.2. The van der Waals surface area contributed by atoms with Crippen LogP contribution in [-0.4, -0.2) is 112 Å². The van der Waals surface area contributed by atoms with E-state index in [1.807, 2.05) is 121 Å². The van der Waals surface area contributed by atoms with E-state index in [4.69, 9.17) is 57.2 Å². The molecule has 9 aromatic carbocycles. The van der Waals surface area contributed by atoms with Gasteiger partial charge in [0.25, 0.3) is 0 Å². The van der Waals surface area contributed by atoms with Gasteiger partial charge in [0, 0.05) is 59.9 Å². The molecule has 3 atom stereocenters. The van der Waals surface area contributed by atoms with Crippen molar-refractivity contribution in [1.29, 1.82) is 0 Å². The number of benzene rings is 9. The number of hydrogen-bond donors (Lipinski definition) is 3. The van der Waals surface area contributed by atoms with Crippen LogP contribution in [0.4, 0.5) is 0 Å². The van der Waals surface area contributed by atoms with E-state index in [-0.39, 0.29) is 83.3 Å². The molecule has 0 amide bonds. The molecular formula is C69H75BNaO17. The first kappa shape index (κ1) is 71.8. The summed E-state index contributed by atoms with van der Waals surface area (Å²) in [6.45, 7) is 3.38. The molecule has 3 N–H and O–H groups in total. The van der Waals surface area contributed by atoms with E-state index in [1.165, 1.54) is 28.3 Å². The Morgan fingerprint density at radius 2 is 0.932 bits per heavy atom. The molecular weight excluding hydrogens is 1130 g/mol. The van der Waals surface area contributed by atoms with Gasteiger partial charge in [0.2, 0.25) is 17.2 Å².